The van der Waals surface area contributed by atoms with Gasteiger partial charge in [-0.05, 0) is 39.0 Å². The summed E-state index contributed by atoms with van der Waals surface area (Å²) in [6.45, 7) is 4.89. The number of hydrogen-bond donors (Lipinski definition) is 2. The molecule has 0 bridgehead atoms. The maximum absolute atomic E-state index is 3.44. The molecule has 56 valence electrons. The fourth-order valence-corrected chi connectivity index (χ4v) is 1.74. The van der Waals surface area contributed by atoms with Crippen LogP contribution in [-0.4, -0.2) is 38.1 Å². The van der Waals surface area contributed by atoms with Crippen molar-refractivity contribution in [3.8, 4) is 0 Å². The molecule has 2 heterocycles. The Kier molecular flexibility index (Phi) is 1.93. The topological polar surface area (TPSA) is 27.3 Å². The molecule has 0 aliphatic carbocycles. The second-order valence-corrected chi connectivity index (χ2v) is 3.05. The van der Waals surface area contributed by atoms with E-state index in [0.29, 0.717) is 7.12 Å². The lowest BCUT2D eigenvalue weighted by atomic mass is 9.84. The molecule has 2 fully saturated rings. The predicted molar refractivity (Wildman–Crippen MR) is 42.6 cm³/mol. The van der Waals surface area contributed by atoms with Gasteiger partial charge in [-0.25, -0.2) is 0 Å². The molecule has 2 aliphatic rings. The normalized spacial score (nSPS) is 28.2. The van der Waals surface area contributed by atoms with Crippen molar-refractivity contribution in [2.24, 2.45) is 0 Å². The Morgan fingerprint density at radius 2 is 1.60 bits per heavy atom. The number of hydrogen-bond acceptors (Lipinski definition) is 3. The molecule has 10 heavy (non-hydrogen) atoms. The number of fused-ring (bicyclic) bond motifs is 1. The van der Waals surface area contributed by atoms with Crippen LogP contribution < -0.4 is 10.5 Å². The third-order valence-corrected chi connectivity index (χ3v) is 2.28. The number of rotatable bonds is 0. The highest BCUT2D eigenvalue weighted by Crippen LogP contribution is 2.03. The van der Waals surface area contributed by atoms with Crippen LogP contribution in [0.5, 0.6) is 0 Å². The fourth-order valence-electron chi connectivity index (χ4n) is 1.74. The molecule has 0 amide bonds. The minimum absolute atomic E-state index is 0.488. The van der Waals surface area contributed by atoms with E-state index in [4.69, 9.17) is 0 Å². The van der Waals surface area contributed by atoms with Gasteiger partial charge >= 0.3 is 7.12 Å². The van der Waals surface area contributed by atoms with Crippen molar-refractivity contribution in [3.05, 3.63) is 0 Å². The number of nitrogens with zero attached hydrogens (tertiary/aromatic N) is 1. The Bertz CT molecular complexity index is 93.6. The van der Waals surface area contributed by atoms with Crippen LogP contribution in [0.3, 0.4) is 0 Å². The minimum atomic E-state index is 0.488. The maximum Gasteiger partial charge on any atom is 0.397 e. The molecule has 2 rings (SSSR count). The van der Waals surface area contributed by atoms with Gasteiger partial charge in [-0.15, -0.1) is 0 Å². The summed E-state index contributed by atoms with van der Waals surface area (Å²) < 4.78 is 0. The van der Waals surface area contributed by atoms with Crippen molar-refractivity contribution < 1.29 is 0 Å². The van der Waals surface area contributed by atoms with Crippen molar-refractivity contribution in [2.75, 3.05) is 26.2 Å². The van der Waals surface area contributed by atoms with E-state index in [2.05, 4.69) is 15.3 Å². The zero-order valence-corrected chi connectivity index (χ0v) is 6.27. The molecule has 0 saturated carbocycles. The van der Waals surface area contributed by atoms with Crippen molar-refractivity contribution in [3.63, 3.8) is 0 Å². The Labute approximate surface area is 62.3 Å². The van der Waals surface area contributed by atoms with Crippen molar-refractivity contribution in [1.82, 2.24) is 15.3 Å². The molecule has 0 aromatic carbocycles. The van der Waals surface area contributed by atoms with E-state index in [-0.39, 0.29) is 0 Å². The molecule has 0 atom stereocenters. The second kappa shape index (κ2) is 2.90. The zero-order chi connectivity index (χ0) is 6.81. The van der Waals surface area contributed by atoms with E-state index in [9.17, 15) is 0 Å². The van der Waals surface area contributed by atoms with E-state index in [0.717, 1.165) is 0 Å². The van der Waals surface area contributed by atoms with E-state index >= 15 is 0 Å². The molecular weight excluding hydrogens is 125 g/mol. The molecule has 0 unspecified atom stereocenters. The first-order chi connectivity index (χ1) is 4.97. The van der Waals surface area contributed by atoms with Gasteiger partial charge in [0.2, 0.25) is 0 Å². The third kappa shape index (κ3) is 1.19. The SMILES string of the molecule is C1CNB2NCCCN2C1. The second-order valence-electron chi connectivity index (χ2n) is 3.05. The monoisotopic (exact) mass is 139 g/mol. The summed E-state index contributed by atoms with van der Waals surface area (Å²) >= 11 is 0. The van der Waals surface area contributed by atoms with Gasteiger partial charge in [0, 0.05) is 0 Å². The van der Waals surface area contributed by atoms with Crippen LogP contribution in [0, 0.1) is 0 Å². The van der Waals surface area contributed by atoms with Gasteiger partial charge in [0.05, 0.1) is 0 Å². The summed E-state index contributed by atoms with van der Waals surface area (Å²) in [6, 6.07) is 0. The summed E-state index contributed by atoms with van der Waals surface area (Å²) in [5.74, 6) is 0. The van der Waals surface area contributed by atoms with E-state index in [1.54, 1.807) is 0 Å². The van der Waals surface area contributed by atoms with Crippen molar-refractivity contribution in [2.45, 2.75) is 12.8 Å². The lowest BCUT2D eigenvalue weighted by Gasteiger charge is -2.37. The van der Waals surface area contributed by atoms with Crippen LogP contribution >= 0.6 is 0 Å². The van der Waals surface area contributed by atoms with E-state index in [1.165, 1.54) is 39.0 Å². The molecule has 2 aliphatic heterocycles. The summed E-state index contributed by atoms with van der Waals surface area (Å²) in [5, 5.41) is 6.87. The van der Waals surface area contributed by atoms with E-state index < -0.39 is 0 Å². The Hall–Kier alpha value is -0.0551. The van der Waals surface area contributed by atoms with Crippen LogP contribution in [0.15, 0.2) is 0 Å². The summed E-state index contributed by atoms with van der Waals surface area (Å²) in [5.41, 5.74) is 0. The maximum atomic E-state index is 3.44. The average Bonchev–Trinajstić information content (AvgIpc) is 2.05. The molecule has 2 N–H and O–H groups in total. The molecule has 3 nitrogen and oxygen atoms in total. The first-order valence-corrected chi connectivity index (χ1v) is 4.18. The molecule has 2 saturated heterocycles. The molecule has 0 radical (unpaired) electrons. The van der Waals surface area contributed by atoms with Gasteiger partial charge in [-0.1, -0.05) is 0 Å². The predicted octanol–water partition coefficient (Wildman–Crippen LogP) is -0.740. The highest BCUT2D eigenvalue weighted by atomic mass is 15.2. The van der Waals surface area contributed by atoms with Crippen LogP contribution in [0.4, 0.5) is 0 Å². The quantitative estimate of drug-likeness (QED) is 0.433. The average molecular weight is 139 g/mol. The van der Waals surface area contributed by atoms with Crippen molar-refractivity contribution in [1.29, 1.82) is 0 Å². The Morgan fingerprint density at radius 1 is 1.00 bits per heavy atom. The first-order valence-electron chi connectivity index (χ1n) is 4.18. The smallest absolute Gasteiger partial charge is 0.327 e. The molecule has 4 heteroatoms. The van der Waals surface area contributed by atoms with Gasteiger partial charge in [0.15, 0.2) is 0 Å². The highest BCUT2D eigenvalue weighted by molar-refractivity contribution is 6.50. The minimum Gasteiger partial charge on any atom is -0.327 e. The van der Waals surface area contributed by atoms with E-state index in [1.807, 2.05) is 0 Å². The zero-order valence-electron chi connectivity index (χ0n) is 6.27. The van der Waals surface area contributed by atoms with Crippen molar-refractivity contribution >= 4 is 7.12 Å². The van der Waals surface area contributed by atoms with Gasteiger partial charge < -0.3 is 15.3 Å². The lowest BCUT2D eigenvalue weighted by Crippen LogP contribution is -2.66. The highest BCUT2D eigenvalue weighted by Gasteiger charge is 2.28. The summed E-state index contributed by atoms with van der Waals surface area (Å²) in [6.07, 6.45) is 2.61. The van der Waals surface area contributed by atoms with Gasteiger partial charge in [0.1, 0.15) is 0 Å². The lowest BCUT2D eigenvalue weighted by molar-refractivity contribution is 0.347. The number of nitrogens with one attached hydrogen (secondary N) is 2. The summed E-state index contributed by atoms with van der Waals surface area (Å²) in [7, 11) is 0.488. The standard InChI is InChI=1S/C6H14BN3/c1-3-8-7-9-4-2-6-10(7)5-1/h8-9H,1-6H2. The first kappa shape index (κ1) is 6.64. The molecule has 0 spiro atoms. The van der Waals surface area contributed by atoms with Crippen LogP contribution in [0.2, 0.25) is 0 Å². The van der Waals surface area contributed by atoms with Gasteiger partial charge in [-0.2, -0.15) is 0 Å². The fraction of sp³-hybridized carbons (Fsp3) is 1.00. The van der Waals surface area contributed by atoms with Gasteiger partial charge in [-0.3, -0.25) is 0 Å². The van der Waals surface area contributed by atoms with Gasteiger partial charge in [0.25, 0.3) is 0 Å². The molecule has 0 aromatic rings. The summed E-state index contributed by atoms with van der Waals surface area (Å²) in [4.78, 5) is 2.48. The van der Waals surface area contributed by atoms with Crippen LogP contribution in [0.1, 0.15) is 12.8 Å². The largest absolute Gasteiger partial charge is 0.397 e. The Morgan fingerprint density at radius 3 is 2.10 bits per heavy atom. The molecular formula is C6H14BN3. The third-order valence-electron chi connectivity index (χ3n) is 2.28. The van der Waals surface area contributed by atoms with Crippen LogP contribution in [0.25, 0.3) is 0 Å². The molecule has 0 aromatic heterocycles. The Balaban J connectivity index is 1.93. The van der Waals surface area contributed by atoms with Crippen LogP contribution in [-0.2, 0) is 0 Å².